The zero-order valence-electron chi connectivity index (χ0n) is 9.51. The summed E-state index contributed by atoms with van der Waals surface area (Å²) in [5.41, 5.74) is 1.86. The van der Waals surface area contributed by atoms with Gasteiger partial charge in [-0.2, -0.15) is 0 Å². The second-order valence-electron chi connectivity index (χ2n) is 3.64. The van der Waals surface area contributed by atoms with Crippen molar-refractivity contribution < 1.29 is 9.90 Å². The van der Waals surface area contributed by atoms with Crippen LogP contribution in [0, 0.1) is 13.8 Å². The van der Waals surface area contributed by atoms with Gasteiger partial charge < -0.3 is 5.11 Å². The summed E-state index contributed by atoms with van der Waals surface area (Å²) >= 11 is 0. The summed E-state index contributed by atoms with van der Waals surface area (Å²) in [6, 6.07) is 3.62. The fourth-order valence-electron chi connectivity index (χ4n) is 1.65. The van der Waals surface area contributed by atoms with E-state index in [1.165, 1.54) is 0 Å². The largest absolute Gasteiger partial charge is 0.478 e. The lowest BCUT2D eigenvalue weighted by Crippen LogP contribution is -2.08. The Morgan fingerprint density at radius 3 is 2.35 bits per heavy atom. The maximum Gasteiger partial charge on any atom is 0.339 e. The molecule has 5 heteroatoms. The Kier molecular flexibility index (Phi) is 2.82. The van der Waals surface area contributed by atoms with E-state index in [1.807, 2.05) is 6.07 Å². The van der Waals surface area contributed by atoms with E-state index in [2.05, 4.69) is 15.0 Å². The molecule has 0 amide bonds. The lowest BCUT2D eigenvalue weighted by atomic mass is 10.1. The van der Waals surface area contributed by atoms with Crippen LogP contribution in [0.4, 0.5) is 0 Å². The first-order chi connectivity index (χ1) is 8.09. The van der Waals surface area contributed by atoms with E-state index in [-0.39, 0.29) is 5.56 Å². The second kappa shape index (κ2) is 4.29. The van der Waals surface area contributed by atoms with Crippen molar-refractivity contribution in [3.63, 3.8) is 0 Å². The number of aryl methyl sites for hydroxylation is 2. The van der Waals surface area contributed by atoms with Gasteiger partial charge in [0.2, 0.25) is 0 Å². The van der Waals surface area contributed by atoms with Gasteiger partial charge in [0.1, 0.15) is 5.56 Å². The van der Waals surface area contributed by atoms with Crippen molar-refractivity contribution in [3.8, 4) is 11.4 Å². The first-order valence-corrected chi connectivity index (χ1v) is 5.08. The molecule has 0 radical (unpaired) electrons. The molecule has 5 nitrogen and oxygen atoms in total. The molecule has 0 bridgehead atoms. The van der Waals surface area contributed by atoms with Crippen LogP contribution in [-0.2, 0) is 0 Å². The molecule has 2 rings (SSSR count). The molecule has 0 aliphatic heterocycles. The van der Waals surface area contributed by atoms with Crippen molar-refractivity contribution in [3.05, 3.63) is 41.5 Å². The van der Waals surface area contributed by atoms with Gasteiger partial charge in [0.05, 0.1) is 11.4 Å². The molecular weight excluding hydrogens is 218 g/mol. The molecule has 0 atom stereocenters. The first kappa shape index (κ1) is 11.2. The minimum absolute atomic E-state index is 0.164. The van der Waals surface area contributed by atoms with Gasteiger partial charge in [0, 0.05) is 18.0 Å². The van der Waals surface area contributed by atoms with Crippen LogP contribution in [0.25, 0.3) is 11.4 Å². The van der Waals surface area contributed by atoms with Gasteiger partial charge in [0.25, 0.3) is 0 Å². The summed E-state index contributed by atoms with van der Waals surface area (Å²) in [6.45, 7) is 3.33. The van der Waals surface area contributed by atoms with Crippen LogP contribution in [-0.4, -0.2) is 26.0 Å². The van der Waals surface area contributed by atoms with Crippen LogP contribution in [0.2, 0.25) is 0 Å². The third-order valence-corrected chi connectivity index (χ3v) is 2.40. The van der Waals surface area contributed by atoms with Gasteiger partial charge >= 0.3 is 5.97 Å². The number of rotatable bonds is 2. The van der Waals surface area contributed by atoms with E-state index in [1.54, 1.807) is 32.3 Å². The number of carboxylic acid groups (broad SMARTS) is 1. The standard InChI is InChI=1S/C12H11N3O2/c1-7-10(12(16)17)8(2)15-11(14-7)9-4-3-5-13-6-9/h3-6H,1-2H3,(H,16,17). The van der Waals surface area contributed by atoms with Crippen LogP contribution in [0.3, 0.4) is 0 Å². The topological polar surface area (TPSA) is 76.0 Å². The smallest absolute Gasteiger partial charge is 0.339 e. The van der Waals surface area contributed by atoms with Gasteiger partial charge in [-0.1, -0.05) is 0 Å². The predicted octanol–water partition coefficient (Wildman–Crippen LogP) is 1.85. The number of hydrogen-bond donors (Lipinski definition) is 1. The van der Waals surface area contributed by atoms with E-state index < -0.39 is 5.97 Å². The fraction of sp³-hybridized carbons (Fsp3) is 0.167. The highest BCUT2D eigenvalue weighted by Crippen LogP contribution is 2.17. The number of carboxylic acids is 1. The minimum atomic E-state index is -1.00. The lowest BCUT2D eigenvalue weighted by molar-refractivity contribution is 0.0694. The van der Waals surface area contributed by atoms with E-state index in [4.69, 9.17) is 5.11 Å². The van der Waals surface area contributed by atoms with E-state index in [9.17, 15) is 4.79 Å². The first-order valence-electron chi connectivity index (χ1n) is 5.08. The molecule has 2 aromatic heterocycles. The van der Waals surface area contributed by atoms with Crippen LogP contribution in [0.5, 0.6) is 0 Å². The van der Waals surface area contributed by atoms with Gasteiger partial charge in [-0.3, -0.25) is 4.98 Å². The van der Waals surface area contributed by atoms with E-state index in [0.717, 1.165) is 5.56 Å². The SMILES string of the molecule is Cc1nc(-c2cccnc2)nc(C)c1C(=O)O. The van der Waals surface area contributed by atoms with Gasteiger partial charge in [0.15, 0.2) is 5.82 Å². The van der Waals surface area contributed by atoms with Crippen molar-refractivity contribution in [2.45, 2.75) is 13.8 Å². The summed E-state index contributed by atoms with van der Waals surface area (Å²) in [5, 5.41) is 9.02. The number of aromatic nitrogens is 3. The Bertz CT molecular complexity index is 544. The van der Waals surface area contributed by atoms with Crippen molar-refractivity contribution in [1.82, 2.24) is 15.0 Å². The minimum Gasteiger partial charge on any atom is -0.478 e. The number of nitrogens with zero attached hydrogens (tertiary/aromatic N) is 3. The Hall–Kier alpha value is -2.30. The van der Waals surface area contributed by atoms with Gasteiger partial charge in [-0.25, -0.2) is 14.8 Å². The Labute approximate surface area is 98.2 Å². The molecule has 0 spiro atoms. The molecular formula is C12H11N3O2. The molecule has 0 fully saturated rings. The summed E-state index contributed by atoms with van der Waals surface area (Å²) in [4.78, 5) is 23.4. The van der Waals surface area contributed by atoms with Crippen molar-refractivity contribution in [1.29, 1.82) is 0 Å². The number of pyridine rings is 1. The third-order valence-electron chi connectivity index (χ3n) is 2.40. The zero-order chi connectivity index (χ0) is 12.4. The second-order valence-corrected chi connectivity index (χ2v) is 3.64. The maximum atomic E-state index is 11.0. The molecule has 17 heavy (non-hydrogen) atoms. The molecule has 0 unspecified atom stereocenters. The summed E-state index contributed by atoms with van der Waals surface area (Å²) < 4.78 is 0. The lowest BCUT2D eigenvalue weighted by Gasteiger charge is -2.06. The quantitative estimate of drug-likeness (QED) is 0.850. The Morgan fingerprint density at radius 2 is 1.88 bits per heavy atom. The van der Waals surface area contributed by atoms with Crippen LogP contribution < -0.4 is 0 Å². The number of aromatic carboxylic acids is 1. The molecule has 0 saturated carbocycles. The summed E-state index contributed by atoms with van der Waals surface area (Å²) in [5.74, 6) is -0.504. The summed E-state index contributed by atoms with van der Waals surface area (Å²) in [7, 11) is 0. The molecule has 0 saturated heterocycles. The average Bonchev–Trinajstić information content (AvgIpc) is 2.28. The third kappa shape index (κ3) is 2.13. The maximum absolute atomic E-state index is 11.0. The normalized spacial score (nSPS) is 10.2. The molecule has 0 aliphatic rings. The van der Waals surface area contributed by atoms with Crippen LogP contribution in [0.15, 0.2) is 24.5 Å². The molecule has 2 heterocycles. The Morgan fingerprint density at radius 1 is 1.24 bits per heavy atom. The highest BCUT2D eigenvalue weighted by Gasteiger charge is 2.15. The molecule has 1 N–H and O–H groups in total. The van der Waals surface area contributed by atoms with Gasteiger partial charge in [-0.15, -0.1) is 0 Å². The zero-order valence-corrected chi connectivity index (χ0v) is 9.51. The van der Waals surface area contributed by atoms with Crippen molar-refractivity contribution in [2.24, 2.45) is 0 Å². The van der Waals surface area contributed by atoms with E-state index >= 15 is 0 Å². The fourth-order valence-corrected chi connectivity index (χ4v) is 1.65. The molecule has 0 aromatic carbocycles. The van der Waals surface area contributed by atoms with Crippen molar-refractivity contribution in [2.75, 3.05) is 0 Å². The average molecular weight is 229 g/mol. The van der Waals surface area contributed by atoms with Crippen LogP contribution >= 0.6 is 0 Å². The van der Waals surface area contributed by atoms with Crippen LogP contribution in [0.1, 0.15) is 21.7 Å². The number of hydrogen-bond acceptors (Lipinski definition) is 4. The predicted molar refractivity (Wildman–Crippen MR) is 61.7 cm³/mol. The molecule has 86 valence electrons. The van der Waals surface area contributed by atoms with Crippen molar-refractivity contribution >= 4 is 5.97 Å². The molecule has 2 aromatic rings. The highest BCUT2D eigenvalue weighted by molar-refractivity contribution is 5.90. The highest BCUT2D eigenvalue weighted by atomic mass is 16.4. The monoisotopic (exact) mass is 229 g/mol. The Balaban J connectivity index is 2.57. The number of carbonyl (C=O) groups is 1. The van der Waals surface area contributed by atoms with E-state index in [0.29, 0.717) is 17.2 Å². The summed E-state index contributed by atoms with van der Waals surface area (Å²) in [6.07, 6.45) is 3.31. The van der Waals surface area contributed by atoms with Gasteiger partial charge in [-0.05, 0) is 26.0 Å². The molecule has 0 aliphatic carbocycles.